The van der Waals surface area contributed by atoms with E-state index in [0.29, 0.717) is 11.6 Å². The molecule has 3 rings (SSSR count). The van der Waals surface area contributed by atoms with Crippen molar-refractivity contribution in [2.45, 2.75) is 13.0 Å². The number of methoxy groups -OCH3 is 1. The Morgan fingerprint density at radius 3 is 2.48 bits per heavy atom. The number of carbonyl (C=O) groups is 1. The molecule has 1 heterocycles. The van der Waals surface area contributed by atoms with Crippen molar-refractivity contribution in [1.82, 2.24) is 9.78 Å². The van der Waals surface area contributed by atoms with Crippen molar-refractivity contribution >= 4 is 11.6 Å². The Balaban J connectivity index is 1.60. The van der Waals surface area contributed by atoms with Crippen LogP contribution in [0.3, 0.4) is 0 Å². The molecule has 0 spiro atoms. The van der Waals surface area contributed by atoms with Crippen molar-refractivity contribution in [3.63, 3.8) is 0 Å². The van der Waals surface area contributed by atoms with Gasteiger partial charge in [0.2, 0.25) is 5.88 Å². The first-order valence-corrected chi connectivity index (χ1v) is 7.88. The van der Waals surface area contributed by atoms with Crippen LogP contribution in [0.2, 0.25) is 0 Å². The minimum atomic E-state index is -0.679. The largest absolute Gasteiger partial charge is 0.497 e. The third-order valence-corrected chi connectivity index (χ3v) is 3.61. The van der Waals surface area contributed by atoms with Crippen LogP contribution in [-0.2, 0) is 4.79 Å². The van der Waals surface area contributed by atoms with E-state index in [-0.39, 0.29) is 5.91 Å². The SMILES string of the molecule is COc1ccc(NC(=O)[C@@H](C)Oc2ccn(-c3ccccc3)n2)cc1. The van der Waals surface area contributed by atoms with Crippen molar-refractivity contribution in [1.29, 1.82) is 0 Å². The third-order valence-electron chi connectivity index (χ3n) is 3.61. The van der Waals surface area contributed by atoms with Gasteiger partial charge in [-0.15, -0.1) is 5.10 Å². The number of anilines is 1. The molecule has 1 aromatic heterocycles. The molecule has 0 saturated heterocycles. The van der Waals surface area contributed by atoms with Crippen molar-refractivity contribution in [2.24, 2.45) is 0 Å². The van der Waals surface area contributed by atoms with Gasteiger partial charge in [-0.25, -0.2) is 4.68 Å². The fourth-order valence-corrected chi connectivity index (χ4v) is 2.25. The number of para-hydroxylation sites is 1. The summed E-state index contributed by atoms with van der Waals surface area (Å²) in [5.74, 6) is 0.870. The molecule has 0 aliphatic rings. The molecule has 1 N–H and O–H groups in total. The average Bonchev–Trinajstić information content (AvgIpc) is 3.11. The molecule has 0 radical (unpaired) electrons. The van der Waals surface area contributed by atoms with Gasteiger partial charge >= 0.3 is 0 Å². The molecular formula is C19H19N3O3. The number of carbonyl (C=O) groups excluding carboxylic acids is 1. The van der Waals surface area contributed by atoms with Crippen molar-refractivity contribution in [2.75, 3.05) is 12.4 Å². The van der Waals surface area contributed by atoms with E-state index in [0.717, 1.165) is 11.4 Å². The highest BCUT2D eigenvalue weighted by atomic mass is 16.5. The van der Waals surface area contributed by atoms with Crippen LogP contribution in [0.25, 0.3) is 5.69 Å². The molecule has 0 aliphatic carbocycles. The van der Waals surface area contributed by atoms with Gasteiger partial charge < -0.3 is 14.8 Å². The van der Waals surface area contributed by atoms with Gasteiger partial charge in [0.15, 0.2) is 6.10 Å². The Labute approximate surface area is 146 Å². The first-order valence-electron chi connectivity index (χ1n) is 7.88. The van der Waals surface area contributed by atoms with Gasteiger partial charge in [0, 0.05) is 18.0 Å². The summed E-state index contributed by atoms with van der Waals surface area (Å²) in [6.07, 6.45) is 1.11. The predicted molar refractivity (Wildman–Crippen MR) is 95.3 cm³/mol. The van der Waals surface area contributed by atoms with Gasteiger partial charge in [0.05, 0.1) is 12.8 Å². The van der Waals surface area contributed by atoms with Crippen LogP contribution in [0.1, 0.15) is 6.92 Å². The van der Waals surface area contributed by atoms with Crippen molar-refractivity contribution < 1.29 is 14.3 Å². The van der Waals surface area contributed by atoms with Crippen molar-refractivity contribution in [3.8, 4) is 17.3 Å². The van der Waals surface area contributed by atoms with E-state index in [4.69, 9.17) is 9.47 Å². The molecule has 6 heteroatoms. The van der Waals surface area contributed by atoms with Crippen LogP contribution in [-0.4, -0.2) is 28.9 Å². The Kier molecular flexibility index (Phi) is 4.99. The summed E-state index contributed by atoms with van der Waals surface area (Å²) >= 11 is 0. The summed E-state index contributed by atoms with van der Waals surface area (Å²) in [7, 11) is 1.60. The lowest BCUT2D eigenvalue weighted by Gasteiger charge is -2.13. The van der Waals surface area contributed by atoms with Gasteiger partial charge in [-0.05, 0) is 43.3 Å². The Hall–Kier alpha value is -3.28. The summed E-state index contributed by atoms with van der Waals surface area (Å²) in [4.78, 5) is 12.2. The van der Waals surface area contributed by atoms with Gasteiger partial charge in [-0.1, -0.05) is 18.2 Å². The first-order chi connectivity index (χ1) is 12.2. The third kappa shape index (κ3) is 4.17. The molecule has 1 amide bonds. The van der Waals surface area contributed by atoms with Crippen LogP contribution in [0, 0.1) is 0 Å². The second kappa shape index (κ2) is 7.53. The molecule has 0 saturated carbocycles. The van der Waals surface area contributed by atoms with E-state index >= 15 is 0 Å². The van der Waals surface area contributed by atoms with Gasteiger partial charge in [0.1, 0.15) is 5.75 Å². The van der Waals surface area contributed by atoms with Crippen LogP contribution in [0.15, 0.2) is 66.9 Å². The molecule has 2 aromatic carbocycles. The van der Waals surface area contributed by atoms with E-state index in [1.54, 1.807) is 55.2 Å². The summed E-state index contributed by atoms with van der Waals surface area (Å²) in [5, 5.41) is 7.13. The van der Waals surface area contributed by atoms with Gasteiger partial charge in [-0.2, -0.15) is 0 Å². The van der Waals surface area contributed by atoms with Crippen molar-refractivity contribution in [3.05, 3.63) is 66.9 Å². The molecule has 1 atom stereocenters. The second-order valence-corrected chi connectivity index (χ2v) is 5.41. The molecule has 3 aromatic rings. The Bertz CT molecular complexity index is 829. The van der Waals surface area contributed by atoms with E-state index in [9.17, 15) is 4.79 Å². The first kappa shape index (κ1) is 16.6. The molecule has 0 unspecified atom stereocenters. The number of nitrogens with one attached hydrogen (secondary N) is 1. The molecule has 25 heavy (non-hydrogen) atoms. The van der Waals surface area contributed by atoms with Gasteiger partial charge in [0.25, 0.3) is 5.91 Å². The Morgan fingerprint density at radius 2 is 1.80 bits per heavy atom. The quantitative estimate of drug-likeness (QED) is 0.750. The maximum absolute atomic E-state index is 12.2. The number of hydrogen-bond acceptors (Lipinski definition) is 4. The maximum atomic E-state index is 12.2. The zero-order valence-electron chi connectivity index (χ0n) is 14.0. The summed E-state index contributed by atoms with van der Waals surface area (Å²) in [6.45, 7) is 1.68. The molecule has 0 aliphatic heterocycles. The molecule has 6 nitrogen and oxygen atoms in total. The second-order valence-electron chi connectivity index (χ2n) is 5.41. The monoisotopic (exact) mass is 337 g/mol. The number of aromatic nitrogens is 2. The maximum Gasteiger partial charge on any atom is 0.265 e. The fraction of sp³-hybridized carbons (Fsp3) is 0.158. The molecule has 128 valence electrons. The molecule has 0 fully saturated rings. The minimum absolute atomic E-state index is 0.251. The van der Waals surface area contributed by atoms with Crippen LogP contribution in [0.4, 0.5) is 5.69 Å². The van der Waals surface area contributed by atoms with E-state index in [2.05, 4.69) is 10.4 Å². The lowest BCUT2D eigenvalue weighted by molar-refractivity contribution is -0.122. The smallest absolute Gasteiger partial charge is 0.265 e. The van der Waals surface area contributed by atoms with Crippen LogP contribution >= 0.6 is 0 Å². The summed E-state index contributed by atoms with van der Waals surface area (Å²) < 4.78 is 12.4. The number of nitrogens with zero attached hydrogens (tertiary/aromatic N) is 2. The van der Waals surface area contributed by atoms with Gasteiger partial charge in [-0.3, -0.25) is 4.79 Å². The standard InChI is InChI=1S/C19H19N3O3/c1-14(19(23)20-15-8-10-17(24-2)11-9-15)25-18-12-13-22(21-18)16-6-4-3-5-7-16/h3-14H,1-2H3,(H,20,23)/t14-/m1/s1. The minimum Gasteiger partial charge on any atom is -0.497 e. The van der Waals surface area contributed by atoms with Crippen LogP contribution < -0.4 is 14.8 Å². The van der Waals surface area contributed by atoms with E-state index in [1.807, 2.05) is 30.3 Å². The average molecular weight is 337 g/mol. The number of hydrogen-bond donors (Lipinski definition) is 1. The predicted octanol–water partition coefficient (Wildman–Crippen LogP) is 3.29. The highest BCUT2D eigenvalue weighted by Gasteiger charge is 2.16. The highest BCUT2D eigenvalue weighted by molar-refractivity contribution is 5.94. The van der Waals surface area contributed by atoms with E-state index in [1.165, 1.54) is 0 Å². The Morgan fingerprint density at radius 1 is 1.08 bits per heavy atom. The lowest BCUT2D eigenvalue weighted by atomic mass is 10.3. The number of amides is 1. The number of ether oxygens (including phenoxy) is 2. The fourth-order valence-electron chi connectivity index (χ4n) is 2.25. The zero-order valence-corrected chi connectivity index (χ0v) is 14.0. The molecular weight excluding hydrogens is 318 g/mol. The normalized spacial score (nSPS) is 11.6. The lowest BCUT2D eigenvalue weighted by Crippen LogP contribution is -2.30. The summed E-state index contributed by atoms with van der Waals surface area (Å²) in [6, 6.07) is 18.5. The number of benzene rings is 2. The zero-order chi connectivity index (χ0) is 17.6. The number of rotatable bonds is 6. The molecule has 0 bridgehead atoms. The van der Waals surface area contributed by atoms with E-state index < -0.39 is 6.10 Å². The summed E-state index contributed by atoms with van der Waals surface area (Å²) in [5.41, 5.74) is 1.60. The highest BCUT2D eigenvalue weighted by Crippen LogP contribution is 2.16. The topological polar surface area (TPSA) is 65.4 Å². The van der Waals surface area contributed by atoms with Crippen LogP contribution in [0.5, 0.6) is 11.6 Å².